The molecule has 3 nitrogen and oxygen atoms in total. The molecule has 1 amide bonds. The molecule has 0 aliphatic carbocycles. The predicted molar refractivity (Wildman–Crippen MR) is 102 cm³/mol. The summed E-state index contributed by atoms with van der Waals surface area (Å²) >= 11 is 1.53. The standard InChI is InChI=1S/C20H25NO2S/c1-14-6-11-18(23-5)17(12-14)21-19(22)13-24-16-9-7-15(8-10-16)20(2,3)4/h6-12H,13H2,1-5H3,(H,21,22). The number of thioether (sulfide) groups is 1. The first kappa shape index (κ1) is 18.4. The molecule has 0 saturated carbocycles. The molecule has 0 aliphatic rings. The highest BCUT2D eigenvalue weighted by molar-refractivity contribution is 8.00. The Kier molecular flexibility index (Phi) is 5.94. The van der Waals surface area contributed by atoms with Crippen molar-refractivity contribution in [2.24, 2.45) is 0 Å². The van der Waals surface area contributed by atoms with Crippen molar-refractivity contribution in [2.75, 3.05) is 18.2 Å². The molecular formula is C20H25NO2S. The summed E-state index contributed by atoms with van der Waals surface area (Å²) in [5.41, 5.74) is 3.23. The minimum Gasteiger partial charge on any atom is -0.495 e. The van der Waals surface area contributed by atoms with E-state index in [1.165, 1.54) is 17.3 Å². The second kappa shape index (κ2) is 7.75. The zero-order chi connectivity index (χ0) is 17.7. The molecule has 24 heavy (non-hydrogen) atoms. The number of carbonyl (C=O) groups is 1. The van der Waals surface area contributed by atoms with Crippen molar-refractivity contribution in [1.82, 2.24) is 0 Å². The number of ether oxygens (including phenoxy) is 1. The lowest BCUT2D eigenvalue weighted by Gasteiger charge is -2.19. The van der Waals surface area contributed by atoms with E-state index in [2.05, 4.69) is 50.4 Å². The summed E-state index contributed by atoms with van der Waals surface area (Å²) in [6.45, 7) is 8.56. The lowest BCUT2D eigenvalue weighted by molar-refractivity contribution is -0.113. The molecule has 2 aromatic rings. The molecule has 128 valence electrons. The minimum absolute atomic E-state index is 0.0382. The van der Waals surface area contributed by atoms with Gasteiger partial charge in [0.25, 0.3) is 0 Å². The van der Waals surface area contributed by atoms with E-state index in [1.54, 1.807) is 7.11 Å². The highest BCUT2D eigenvalue weighted by atomic mass is 32.2. The Balaban J connectivity index is 1.95. The fraction of sp³-hybridized carbons (Fsp3) is 0.350. The van der Waals surface area contributed by atoms with E-state index >= 15 is 0 Å². The minimum atomic E-state index is -0.0382. The number of hydrogen-bond donors (Lipinski definition) is 1. The molecule has 0 fully saturated rings. The largest absolute Gasteiger partial charge is 0.495 e. The molecule has 4 heteroatoms. The van der Waals surface area contributed by atoms with Crippen molar-refractivity contribution in [3.63, 3.8) is 0 Å². The highest BCUT2D eigenvalue weighted by Gasteiger charge is 2.13. The van der Waals surface area contributed by atoms with E-state index in [4.69, 9.17) is 4.74 Å². The third kappa shape index (κ3) is 5.03. The van der Waals surface area contributed by atoms with Crippen molar-refractivity contribution >= 4 is 23.4 Å². The Morgan fingerprint density at radius 3 is 2.38 bits per heavy atom. The maximum Gasteiger partial charge on any atom is 0.234 e. The smallest absolute Gasteiger partial charge is 0.234 e. The number of rotatable bonds is 5. The molecule has 0 radical (unpaired) electrons. The van der Waals surface area contributed by atoms with Gasteiger partial charge in [0.2, 0.25) is 5.91 Å². The van der Waals surface area contributed by atoms with Crippen molar-refractivity contribution in [2.45, 2.75) is 38.0 Å². The molecule has 0 atom stereocenters. The van der Waals surface area contributed by atoms with Gasteiger partial charge < -0.3 is 10.1 Å². The molecule has 1 N–H and O–H groups in total. The van der Waals surface area contributed by atoms with Crippen LogP contribution >= 0.6 is 11.8 Å². The van der Waals surface area contributed by atoms with Gasteiger partial charge in [-0.2, -0.15) is 0 Å². The summed E-state index contributed by atoms with van der Waals surface area (Å²) in [6.07, 6.45) is 0. The number of aryl methyl sites for hydroxylation is 1. The first-order chi connectivity index (χ1) is 11.3. The van der Waals surface area contributed by atoms with Crippen LogP contribution in [-0.4, -0.2) is 18.8 Å². The quantitative estimate of drug-likeness (QED) is 0.774. The molecule has 0 bridgehead atoms. The second-order valence-corrected chi connectivity index (χ2v) is 7.86. The SMILES string of the molecule is COc1ccc(C)cc1NC(=O)CSc1ccc(C(C)(C)C)cc1. The first-order valence-electron chi connectivity index (χ1n) is 7.97. The molecule has 0 aliphatic heterocycles. The Morgan fingerprint density at radius 1 is 1.12 bits per heavy atom. The molecule has 0 saturated heterocycles. The maximum atomic E-state index is 12.2. The summed E-state index contributed by atoms with van der Waals surface area (Å²) in [5.74, 6) is 1.00. The molecule has 0 unspecified atom stereocenters. The van der Waals surface area contributed by atoms with Gasteiger partial charge in [-0.1, -0.05) is 39.0 Å². The maximum absolute atomic E-state index is 12.2. The van der Waals surface area contributed by atoms with Crippen LogP contribution in [0.4, 0.5) is 5.69 Å². The van der Waals surface area contributed by atoms with E-state index in [0.717, 1.165) is 10.5 Å². The van der Waals surface area contributed by atoms with Gasteiger partial charge in [0, 0.05) is 4.90 Å². The van der Waals surface area contributed by atoms with Crippen molar-refractivity contribution in [3.05, 3.63) is 53.6 Å². The fourth-order valence-corrected chi connectivity index (χ4v) is 3.00. The molecule has 0 spiro atoms. The van der Waals surface area contributed by atoms with Gasteiger partial charge in [-0.15, -0.1) is 11.8 Å². The Morgan fingerprint density at radius 2 is 1.79 bits per heavy atom. The van der Waals surface area contributed by atoms with E-state index < -0.39 is 0 Å². The van der Waals surface area contributed by atoms with Crippen LogP contribution in [0.25, 0.3) is 0 Å². The van der Waals surface area contributed by atoms with Gasteiger partial charge in [0.15, 0.2) is 0 Å². The van der Waals surface area contributed by atoms with Crippen molar-refractivity contribution in [1.29, 1.82) is 0 Å². The average Bonchev–Trinajstić information content (AvgIpc) is 2.53. The van der Waals surface area contributed by atoms with E-state index in [9.17, 15) is 4.79 Å². The van der Waals surface area contributed by atoms with Crippen LogP contribution < -0.4 is 10.1 Å². The number of nitrogens with one attached hydrogen (secondary N) is 1. The third-order valence-electron chi connectivity index (χ3n) is 3.72. The fourth-order valence-electron chi connectivity index (χ4n) is 2.31. The van der Waals surface area contributed by atoms with Crippen LogP contribution in [-0.2, 0) is 10.2 Å². The summed E-state index contributed by atoms with van der Waals surface area (Å²) in [7, 11) is 1.60. The Hall–Kier alpha value is -1.94. The van der Waals surface area contributed by atoms with E-state index in [1.807, 2.05) is 25.1 Å². The zero-order valence-corrected chi connectivity index (χ0v) is 15.8. The topological polar surface area (TPSA) is 38.3 Å². The van der Waals surface area contributed by atoms with Gasteiger partial charge in [-0.25, -0.2) is 0 Å². The number of methoxy groups -OCH3 is 1. The molecular weight excluding hydrogens is 318 g/mol. The Labute approximate surface area is 148 Å². The molecule has 0 heterocycles. The van der Waals surface area contributed by atoms with Gasteiger partial charge in [0.1, 0.15) is 5.75 Å². The number of hydrogen-bond acceptors (Lipinski definition) is 3. The first-order valence-corrected chi connectivity index (χ1v) is 8.96. The van der Waals surface area contributed by atoms with Crippen molar-refractivity contribution in [3.8, 4) is 5.75 Å². The Bertz CT molecular complexity index is 703. The zero-order valence-electron chi connectivity index (χ0n) is 15.0. The van der Waals surface area contributed by atoms with Crippen LogP contribution in [0.1, 0.15) is 31.9 Å². The average molecular weight is 343 g/mol. The van der Waals surface area contributed by atoms with Crippen LogP contribution in [0, 0.1) is 6.92 Å². The highest BCUT2D eigenvalue weighted by Crippen LogP contribution is 2.27. The van der Waals surface area contributed by atoms with Gasteiger partial charge >= 0.3 is 0 Å². The lowest BCUT2D eigenvalue weighted by atomic mass is 9.87. The third-order valence-corrected chi connectivity index (χ3v) is 4.73. The monoisotopic (exact) mass is 343 g/mol. The van der Waals surface area contributed by atoms with Crippen molar-refractivity contribution < 1.29 is 9.53 Å². The molecule has 0 aromatic heterocycles. The summed E-state index contributed by atoms with van der Waals surface area (Å²) in [6, 6.07) is 14.1. The van der Waals surface area contributed by atoms with Crippen LogP contribution in [0.5, 0.6) is 5.75 Å². The van der Waals surface area contributed by atoms with Gasteiger partial charge in [-0.3, -0.25) is 4.79 Å². The lowest BCUT2D eigenvalue weighted by Crippen LogP contribution is -2.15. The normalized spacial score (nSPS) is 11.2. The summed E-state index contributed by atoms with van der Waals surface area (Å²) in [5, 5.41) is 2.92. The number of amides is 1. The predicted octanol–water partition coefficient (Wildman–Crippen LogP) is 5.03. The van der Waals surface area contributed by atoms with Gasteiger partial charge in [0.05, 0.1) is 18.6 Å². The summed E-state index contributed by atoms with van der Waals surface area (Å²) in [4.78, 5) is 13.3. The second-order valence-electron chi connectivity index (χ2n) is 6.81. The molecule has 2 rings (SSSR count). The number of benzene rings is 2. The van der Waals surface area contributed by atoms with E-state index in [0.29, 0.717) is 17.2 Å². The van der Waals surface area contributed by atoms with E-state index in [-0.39, 0.29) is 11.3 Å². The van der Waals surface area contributed by atoms with Crippen LogP contribution in [0.3, 0.4) is 0 Å². The summed E-state index contributed by atoms with van der Waals surface area (Å²) < 4.78 is 5.29. The van der Waals surface area contributed by atoms with Crippen LogP contribution in [0.15, 0.2) is 47.4 Å². The van der Waals surface area contributed by atoms with Gasteiger partial charge in [-0.05, 0) is 47.7 Å². The van der Waals surface area contributed by atoms with Crippen LogP contribution in [0.2, 0.25) is 0 Å². The molecule has 2 aromatic carbocycles. The number of carbonyl (C=O) groups excluding carboxylic acids is 1. The number of anilines is 1.